The van der Waals surface area contributed by atoms with Crippen molar-refractivity contribution in [3.05, 3.63) is 11.4 Å². The minimum absolute atomic E-state index is 0.0391. The van der Waals surface area contributed by atoms with E-state index in [4.69, 9.17) is 0 Å². The second kappa shape index (κ2) is 4.90. The third-order valence-corrected chi connectivity index (χ3v) is 2.56. The summed E-state index contributed by atoms with van der Waals surface area (Å²) in [6.07, 6.45) is 0. The molecule has 0 aromatic carbocycles. The molecule has 0 unspecified atom stereocenters. The molecule has 0 saturated carbocycles. The molecule has 1 aromatic rings. The molecule has 96 valence electrons. The Morgan fingerprint density at radius 1 is 1.18 bits per heavy atom. The van der Waals surface area contributed by atoms with Crippen molar-refractivity contribution in [2.24, 2.45) is 0 Å². The molecule has 0 aliphatic heterocycles. The first-order valence-electron chi connectivity index (χ1n) is 6.07. The highest BCUT2D eigenvalue weighted by molar-refractivity contribution is 5.58. The van der Waals surface area contributed by atoms with Gasteiger partial charge in [-0.2, -0.15) is 0 Å². The minimum Gasteiger partial charge on any atom is -0.370 e. The van der Waals surface area contributed by atoms with E-state index in [0.29, 0.717) is 0 Å². The molecule has 0 fully saturated rings. The van der Waals surface area contributed by atoms with Gasteiger partial charge in [0.2, 0.25) is 0 Å². The molecule has 0 amide bonds. The van der Waals surface area contributed by atoms with Crippen LogP contribution in [0.5, 0.6) is 0 Å². The van der Waals surface area contributed by atoms with Crippen LogP contribution in [0.4, 0.5) is 11.6 Å². The number of anilines is 2. The fraction of sp³-hybridized carbons (Fsp3) is 0.692. The molecule has 1 rings (SSSR count). The summed E-state index contributed by atoms with van der Waals surface area (Å²) in [6, 6.07) is 0. The van der Waals surface area contributed by atoms with Crippen LogP contribution in [0.25, 0.3) is 0 Å². The average Bonchev–Trinajstić information content (AvgIpc) is 2.19. The third kappa shape index (κ3) is 3.08. The van der Waals surface area contributed by atoms with Crippen LogP contribution in [0, 0.1) is 6.92 Å². The van der Waals surface area contributed by atoms with E-state index >= 15 is 0 Å². The highest BCUT2D eigenvalue weighted by atomic mass is 15.2. The fourth-order valence-electron chi connectivity index (χ4n) is 1.62. The summed E-state index contributed by atoms with van der Waals surface area (Å²) < 4.78 is 0. The predicted octanol–water partition coefficient (Wildman–Crippen LogP) is 2.58. The zero-order chi connectivity index (χ0) is 13.2. The van der Waals surface area contributed by atoms with Crippen LogP contribution in [-0.2, 0) is 5.41 Å². The van der Waals surface area contributed by atoms with Gasteiger partial charge in [-0.3, -0.25) is 0 Å². The molecule has 0 bridgehead atoms. The van der Waals surface area contributed by atoms with Crippen LogP contribution in [0.1, 0.15) is 39.1 Å². The maximum Gasteiger partial charge on any atom is 0.138 e. The van der Waals surface area contributed by atoms with Crippen LogP contribution >= 0.6 is 0 Å². The lowest BCUT2D eigenvalue weighted by molar-refractivity contribution is 0.545. The van der Waals surface area contributed by atoms with Gasteiger partial charge in [-0.15, -0.1) is 0 Å². The lowest BCUT2D eigenvalue weighted by atomic mass is 9.95. The Hall–Kier alpha value is -1.32. The van der Waals surface area contributed by atoms with Crippen molar-refractivity contribution in [2.45, 2.75) is 40.0 Å². The number of nitrogens with zero attached hydrogens (tertiary/aromatic N) is 3. The normalized spacial score (nSPS) is 11.5. The van der Waals surface area contributed by atoms with E-state index in [1.54, 1.807) is 0 Å². The van der Waals surface area contributed by atoms with Crippen LogP contribution in [0.15, 0.2) is 0 Å². The topological polar surface area (TPSA) is 41.1 Å². The lowest BCUT2D eigenvalue weighted by Gasteiger charge is -2.23. The van der Waals surface area contributed by atoms with Gasteiger partial charge in [0.05, 0.1) is 0 Å². The van der Waals surface area contributed by atoms with Crippen LogP contribution in [0.2, 0.25) is 0 Å². The molecule has 1 heterocycles. The lowest BCUT2D eigenvalue weighted by Crippen LogP contribution is -2.22. The molecular formula is C13H24N4. The first-order valence-corrected chi connectivity index (χ1v) is 6.07. The van der Waals surface area contributed by atoms with E-state index in [1.165, 1.54) is 0 Å². The SMILES string of the molecule is CCNc1nc(C(C)(C)C)nc(N(C)C)c1C. The Kier molecular flexibility index (Phi) is 3.96. The summed E-state index contributed by atoms with van der Waals surface area (Å²) in [7, 11) is 4.02. The smallest absolute Gasteiger partial charge is 0.138 e. The Bertz CT molecular complexity index is 391. The largest absolute Gasteiger partial charge is 0.370 e. The maximum absolute atomic E-state index is 4.66. The number of aromatic nitrogens is 2. The van der Waals surface area contributed by atoms with Crippen LogP contribution in [0.3, 0.4) is 0 Å². The second-order valence-electron chi connectivity index (χ2n) is 5.52. The molecule has 0 saturated heterocycles. The summed E-state index contributed by atoms with van der Waals surface area (Å²) in [5, 5.41) is 3.31. The van der Waals surface area contributed by atoms with Gasteiger partial charge in [0.1, 0.15) is 17.5 Å². The van der Waals surface area contributed by atoms with Crippen molar-refractivity contribution in [2.75, 3.05) is 30.9 Å². The summed E-state index contributed by atoms with van der Waals surface area (Å²) >= 11 is 0. The Balaban J connectivity index is 3.36. The minimum atomic E-state index is -0.0391. The monoisotopic (exact) mass is 236 g/mol. The molecule has 4 heteroatoms. The van der Waals surface area contributed by atoms with Crippen LogP contribution in [-0.4, -0.2) is 30.6 Å². The highest BCUT2D eigenvalue weighted by Crippen LogP contribution is 2.27. The van der Waals surface area contributed by atoms with Crippen molar-refractivity contribution >= 4 is 11.6 Å². The van der Waals surface area contributed by atoms with E-state index in [-0.39, 0.29) is 5.41 Å². The molecule has 0 spiro atoms. The van der Waals surface area contributed by atoms with Gasteiger partial charge in [0, 0.05) is 31.6 Å². The number of hydrogen-bond acceptors (Lipinski definition) is 4. The summed E-state index contributed by atoms with van der Waals surface area (Å²) in [5.74, 6) is 2.81. The summed E-state index contributed by atoms with van der Waals surface area (Å²) in [5.41, 5.74) is 1.06. The highest BCUT2D eigenvalue weighted by Gasteiger charge is 2.21. The van der Waals surface area contributed by atoms with Crippen molar-refractivity contribution in [3.63, 3.8) is 0 Å². The maximum atomic E-state index is 4.66. The van der Waals surface area contributed by atoms with Gasteiger partial charge in [-0.05, 0) is 13.8 Å². The average molecular weight is 236 g/mol. The van der Waals surface area contributed by atoms with Gasteiger partial charge in [-0.25, -0.2) is 9.97 Å². The van der Waals surface area contributed by atoms with E-state index in [9.17, 15) is 0 Å². The summed E-state index contributed by atoms with van der Waals surface area (Å²) in [6.45, 7) is 11.4. The molecule has 0 aliphatic carbocycles. The van der Waals surface area contributed by atoms with E-state index in [1.807, 2.05) is 19.0 Å². The quantitative estimate of drug-likeness (QED) is 0.875. The molecule has 0 aliphatic rings. The van der Waals surface area contributed by atoms with Crippen molar-refractivity contribution in [3.8, 4) is 0 Å². The molecule has 1 aromatic heterocycles. The molecule has 0 atom stereocenters. The van der Waals surface area contributed by atoms with Gasteiger partial charge < -0.3 is 10.2 Å². The summed E-state index contributed by atoms with van der Waals surface area (Å²) in [4.78, 5) is 11.3. The van der Waals surface area contributed by atoms with Gasteiger partial charge >= 0.3 is 0 Å². The Morgan fingerprint density at radius 2 is 1.76 bits per heavy atom. The van der Waals surface area contributed by atoms with Crippen molar-refractivity contribution in [1.82, 2.24) is 9.97 Å². The molecule has 1 N–H and O–H groups in total. The Labute approximate surface area is 104 Å². The van der Waals surface area contributed by atoms with Gasteiger partial charge in [-0.1, -0.05) is 20.8 Å². The van der Waals surface area contributed by atoms with E-state index < -0.39 is 0 Å². The first-order chi connectivity index (χ1) is 7.77. The predicted molar refractivity (Wildman–Crippen MR) is 74.0 cm³/mol. The molecule has 4 nitrogen and oxygen atoms in total. The Morgan fingerprint density at radius 3 is 2.18 bits per heavy atom. The van der Waals surface area contributed by atoms with Crippen molar-refractivity contribution in [1.29, 1.82) is 0 Å². The van der Waals surface area contributed by atoms with E-state index in [2.05, 4.69) is 49.9 Å². The van der Waals surface area contributed by atoms with Crippen LogP contribution < -0.4 is 10.2 Å². The fourth-order valence-corrected chi connectivity index (χ4v) is 1.62. The molecule has 0 radical (unpaired) electrons. The second-order valence-corrected chi connectivity index (χ2v) is 5.52. The molecule has 17 heavy (non-hydrogen) atoms. The standard InChI is InChI=1S/C13H24N4/c1-8-14-10-9(2)11(17(6)7)16-12(15-10)13(3,4)5/h8H2,1-7H3,(H,14,15,16). The number of hydrogen-bond donors (Lipinski definition) is 1. The van der Waals surface area contributed by atoms with E-state index in [0.717, 1.165) is 29.6 Å². The zero-order valence-corrected chi connectivity index (χ0v) is 12.0. The van der Waals surface area contributed by atoms with Gasteiger partial charge in [0.25, 0.3) is 0 Å². The third-order valence-electron chi connectivity index (χ3n) is 2.56. The zero-order valence-electron chi connectivity index (χ0n) is 12.0. The molecular weight excluding hydrogens is 212 g/mol. The van der Waals surface area contributed by atoms with Gasteiger partial charge in [0.15, 0.2) is 0 Å². The first kappa shape index (κ1) is 13.7. The van der Waals surface area contributed by atoms with Crippen molar-refractivity contribution < 1.29 is 0 Å². The number of rotatable bonds is 3. The number of nitrogens with one attached hydrogen (secondary N) is 1.